The van der Waals surface area contributed by atoms with Crippen molar-refractivity contribution in [1.82, 2.24) is 5.32 Å². The molecule has 6 nitrogen and oxygen atoms in total. The molecule has 0 unspecified atom stereocenters. The van der Waals surface area contributed by atoms with E-state index in [1.54, 1.807) is 36.4 Å². The Kier molecular flexibility index (Phi) is 6.41. The largest absolute Gasteiger partial charge is 0.497 e. The number of carbonyl (C=O) groups excluding carboxylic acids is 1. The van der Waals surface area contributed by atoms with E-state index in [0.29, 0.717) is 16.3 Å². The summed E-state index contributed by atoms with van der Waals surface area (Å²) in [5.74, 6) is 0.219. The van der Waals surface area contributed by atoms with Crippen LogP contribution in [0.5, 0.6) is 5.75 Å². The average Bonchev–Trinajstić information content (AvgIpc) is 2.73. The van der Waals surface area contributed by atoms with Crippen LogP contribution in [0, 0.1) is 0 Å². The van der Waals surface area contributed by atoms with Gasteiger partial charge in [-0.3, -0.25) is 9.52 Å². The highest BCUT2D eigenvalue weighted by molar-refractivity contribution is 7.92. The van der Waals surface area contributed by atoms with Crippen molar-refractivity contribution in [2.45, 2.75) is 11.4 Å². The van der Waals surface area contributed by atoms with Crippen molar-refractivity contribution in [2.24, 2.45) is 0 Å². The van der Waals surface area contributed by atoms with Crippen molar-refractivity contribution >= 4 is 33.2 Å². The predicted octanol–water partition coefficient (Wildman–Crippen LogP) is 4.08. The quantitative estimate of drug-likeness (QED) is 0.591. The maximum absolute atomic E-state index is 12.6. The molecule has 0 bridgehead atoms. The number of benzene rings is 3. The fraction of sp³-hybridized carbons (Fsp3) is 0.0952. The van der Waals surface area contributed by atoms with Gasteiger partial charge in [0.15, 0.2) is 0 Å². The predicted molar refractivity (Wildman–Crippen MR) is 113 cm³/mol. The summed E-state index contributed by atoms with van der Waals surface area (Å²) in [7, 11) is -2.29. The second-order valence-electron chi connectivity index (χ2n) is 6.14. The van der Waals surface area contributed by atoms with Crippen LogP contribution >= 0.6 is 11.6 Å². The molecule has 0 saturated heterocycles. The number of ether oxygens (including phenoxy) is 1. The van der Waals surface area contributed by atoms with Gasteiger partial charge in [-0.15, -0.1) is 0 Å². The van der Waals surface area contributed by atoms with E-state index in [2.05, 4.69) is 10.0 Å². The van der Waals surface area contributed by atoms with Crippen molar-refractivity contribution in [3.8, 4) is 5.75 Å². The smallest absolute Gasteiger partial charge is 0.261 e. The number of amides is 1. The lowest BCUT2D eigenvalue weighted by atomic mass is 10.1. The minimum absolute atomic E-state index is 0.0897. The number of rotatable bonds is 7. The average molecular weight is 431 g/mol. The minimum atomic E-state index is -3.80. The van der Waals surface area contributed by atoms with Crippen molar-refractivity contribution < 1.29 is 17.9 Å². The van der Waals surface area contributed by atoms with Gasteiger partial charge in [-0.2, -0.15) is 0 Å². The molecule has 3 aromatic carbocycles. The molecule has 3 aromatic rings. The summed E-state index contributed by atoms with van der Waals surface area (Å²) in [6.45, 7) is 0.264. The second-order valence-corrected chi connectivity index (χ2v) is 8.23. The first-order valence-corrected chi connectivity index (χ1v) is 10.5. The normalized spacial score (nSPS) is 11.0. The topological polar surface area (TPSA) is 84.5 Å². The molecule has 0 aliphatic heterocycles. The van der Waals surface area contributed by atoms with E-state index in [1.165, 1.54) is 25.3 Å². The molecular formula is C21H19ClN2O4S. The molecule has 0 radical (unpaired) electrons. The summed E-state index contributed by atoms with van der Waals surface area (Å²) < 4.78 is 32.6. The van der Waals surface area contributed by atoms with Crippen LogP contribution in [0.4, 0.5) is 5.69 Å². The number of anilines is 1. The number of hydrogen-bond acceptors (Lipinski definition) is 4. The molecule has 0 saturated carbocycles. The Hall–Kier alpha value is -3.03. The Morgan fingerprint density at radius 1 is 1.00 bits per heavy atom. The first-order valence-electron chi connectivity index (χ1n) is 8.67. The molecule has 150 valence electrons. The Bertz CT molecular complexity index is 1120. The van der Waals surface area contributed by atoms with E-state index in [-0.39, 0.29) is 23.0 Å². The van der Waals surface area contributed by atoms with E-state index in [0.717, 1.165) is 5.56 Å². The molecule has 1 amide bonds. The van der Waals surface area contributed by atoms with Crippen LogP contribution in [-0.2, 0) is 16.6 Å². The molecule has 0 spiro atoms. The zero-order valence-corrected chi connectivity index (χ0v) is 17.1. The Labute approximate surface area is 174 Å². The van der Waals surface area contributed by atoms with E-state index in [1.807, 2.05) is 18.2 Å². The van der Waals surface area contributed by atoms with Gasteiger partial charge in [-0.25, -0.2) is 8.42 Å². The van der Waals surface area contributed by atoms with Crippen molar-refractivity contribution in [2.75, 3.05) is 11.8 Å². The summed E-state index contributed by atoms with van der Waals surface area (Å²) in [6.07, 6.45) is 0. The minimum Gasteiger partial charge on any atom is -0.497 e. The van der Waals surface area contributed by atoms with Gasteiger partial charge >= 0.3 is 0 Å². The molecule has 3 rings (SSSR count). The summed E-state index contributed by atoms with van der Waals surface area (Å²) >= 11 is 6.09. The van der Waals surface area contributed by atoms with E-state index >= 15 is 0 Å². The molecule has 0 fully saturated rings. The molecule has 0 heterocycles. The first-order chi connectivity index (χ1) is 13.9. The fourth-order valence-electron chi connectivity index (χ4n) is 2.61. The van der Waals surface area contributed by atoms with Gasteiger partial charge in [0.05, 0.1) is 12.0 Å². The van der Waals surface area contributed by atoms with Crippen LogP contribution in [0.25, 0.3) is 0 Å². The SMILES string of the molecule is COc1ccc(S(=O)(=O)Nc2cccc(C(=O)NCc3ccccc3Cl)c2)cc1. The molecule has 0 aliphatic carbocycles. The van der Waals surface area contributed by atoms with E-state index in [4.69, 9.17) is 16.3 Å². The Balaban J connectivity index is 1.71. The molecule has 0 aromatic heterocycles. The highest BCUT2D eigenvalue weighted by Gasteiger charge is 2.15. The van der Waals surface area contributed by atoms with Crippen molar-refractivity contribution in [1.29, 1.82) is 0 Å². The molecule has 0 aliphatic rings. The number of nitrogens with one attached hydrogen (secondary N) is 2. The lowest BCUT2D eigenvalue weighted by Crippen LogP contribution is -2.23. The number of halogens is 1. The Morgan fingerprint density at radius 3 is 2.41 bits per heavy atom. The lowest BCUT2D eigenvalue weighted by Gasteiger charge is -2.11. The Morgan fingerprint density at radius 2 is 1.72 bits per heavy atom. The molecule has 8 heteroatoms. The molecule has 2 N–H and O–H groups in total. The van der Waals surface area contributed by atoms with Crippen LogP contribution < -0.4 is 14.8 Å². The van der Waals surface area contributed by atoms with E-state index in [9.17, 15) is 13.2 Å². The second kappa shape index (κ2) is 8.98. The maximum Gasteiger partial charge on any atom is 0.261 e. The standard InChI is InChI=1S/C21H19ClN2O4S/c1-28-18-9-11-19(12-10-18)29(26,27)24-17-7-4-6-15(13-17)21(25)23-14-16-5-2-3-8-20(16)22/h2-13,24H,14H2,1H3,(H,23,25). The maximum atomic E-state index is 12.6. The molecule has 0 atom stereocenters. The van der Waals surface area contributed by atoms with Gasteiger partial charge in [0.25, 0.3) is 15.9 Å². The summed E-state index contributed by atoms with van der Waals surface area (Å²) in [5, 5.41) is 3.34. The molecule has 29 heavy (non-hydrogen) atoms. The van der Waals surface area contributed by atoms with Crippen molar-refractivity contribution in [3.05, 3.63) is 88.9 Å². The van der Waals surface area contributed by atoms with Gasteiger partial charge in [-0.05, 0) is 54.1 Å². The van der Waals surface area contributed by atoms with Gasteiger partial charge in [-0.1, -0.05) is 35.9 Å². The first kappa shape index (κ1) is 20.7. The van der Waals surface area contributed by atoms with Crippen LogP contribution in [0.3, 0.4) is 0 Å². The van der Waals surface area contributed by atoms with Crippen LogP contribution in [-0.4, -0.2) is 21.4 Å². The summed E-state index contributed by atoms with van der Waals surface area (Å²) in [6, 6.07) is 19.5. The van der Waals surface area contributed by atoms with Crippen molar-refractivity contribution in [3.63, 3.8) is 0 Å². The lowest BCUT2D eigenvalue weighted by molar-refractivity contribution is 0.0951. The van der Waals surface area contributed by atoms with E-state index < -0.39 is 10.0 Å². The number of hydrogen-bond donors (Lipinski definition) is 2. The third-order valence-electron chi connectivity index (χ3n) is 4.14. The van der Waals surface area contributed by atoms with Crippen LogP contribution in [0.1, 0.15) is 15.9 Å². The third kappa shape index (κ3) is 5.28. The van der Waals surface area contributed by atoms with Gasteiger partial charge < -0.3 is 10.1 Å². The monoisotopic (exact) mass is 430 g/mol. The van der Waals surface area contributed by atoms with Crippen LogP contribution in [0.15, 0.2) is 77.7 Å². The number of methoxy groups -OCH3 is 1. The van der Waals surface area contributed by atoms with Crippen LogP contribution in [0.2, 0.25) is 5.02 Å². The van der Waals surface area contributed by atoms with Gasteiger partial charge in [0.1, 0.15) is 5.75 Å². The zero-order valence-electron chi connectivity index (χ0n) is 15.6. The zero-order chi connectivity index (χ0) is 20.9. The highest BCUT2D eigenvalue weighted by Crippen LogP contribution is 2.20. The number of carbonyl (C=O) groups is 1. The number of sulfonamides is 1. The fourth-order valence-corrected chi connectivity index (χ4v) is 3.86. The van der Waals surface area contributed by atoms with Gasteiger partial charge in [0, 0.05) is 22.8 Å². The summed E-state index contributed by atoms with van der Waals surface area (Å²) in [4.78, 5) is 12.5. The summed E-state index contributed by atoms with van der Waals surface area (Å²) in [5.41, 5.74) is 1.40. The molecular weight excluding hydrogens is 412 g/mol. The third-order valence-corrected chi connectivity index (χ3v) is 5.91. The highest BCUT2D eigenvalue weighted by atomic mass is 35.5. The van der Waals surface area contributed by atoms with Gasteiger partial charge in [0.2, 0.25) is 0 Å².